The van der Waals surface area contributed by atoms with Crippen molar-refractivity contribution in [3.05, 3.63) is 34.3 Å². The fourth-order valence-electron chi connectivity index (χ4n) is 1.27. The van der Waals surface area contributed by atoms with Crippen molar-refractivity contribution >= 4 is 21.8 Å². The number of amides is 1. The number of carbonyl (C=O) groups excluding carboxylic acids is 1. The zero-order chi connectivity index (χ0) is 11.5. The normalized spacial score (nSPS) is 11.2. The summed E-state index contributed by atoms with van der Waals surface area (Å²) in [7, 11) is 1.68. The minimum Gasteiger partial charge on any atom is -0.291 e. The van der Waals surface area contributed by atoms with Crippen LogP contribution in [0.15, 0.2) is 28.7 Å². The maximum Gasteiger partial charge on any atom is 0.244 e. The van der Waals surface area contributed by atoms with Crippen molar-refractivity contribution in [3.8, 4) is 0 Å². The lowest BCUT2D eigenvalue weighted by Crippen LogP contribution is -2.45. The van der Waals surface area contributed by atoms with Crippen LogP contribution in [0.4, 0.5) is 0 Å². The van der Waals surface area contributed by atoms with Crippen molar-refractivity contribution in [2.75, 3.05) is 7.05 Å². The highest BCUT2D eigenvalue weighted by atomic mass is 79.9. The van der Waals surface area contributed by atoms with Gasteiger partial charge in [0, 0.05) is 11.5 Å². The largest absolute Gasteiger partial charge is 0.291 e. The first kappa shape index (κ1) is 12.2. The van der Waals surface area contributed by atoms with Crippen molar-refractivity contribution in [2.24, 2.45) is 0 Å². The minimum absolute atomic E-state index is 0.0488. The van der Waals surface area contributed by atoms with Gasteiger partial charge in [-0.3, -0.25) is 10.2 Å². The van der Waals surface area contributed by atoms with Crippen LogP contribution in [0.3, 0.4) is 0 Å². The van der Waals surface area contributed by atoms with Crippen LogP contribution in [-0.2, 0) is 10.2 Å². The van der Waals surface area contributed by atoms with Crippen molar-refractivity contribution in [1.29, 1.82) is 0 Å². The molecule has 3 nitrogen and oxygen atoms in total. The van der Waals surface area contributed by atoms with Gasteiger partial charge in [0.1, 0.15) is 0 Å². The van der Waals surface area contributed by atoms with Gasteiger partial charge in [-0.25, -0.2) is 5.43 Å². The molecular weight excluding hydrogens is 256 g/mol. The summed E-state index contributed by atoms with van der Waals surface area (Å²) in [6, 6.07) is 7.76. The van der Waals surface area contributed by atoms with Crippen molar-refractivity contribution in [1.82, 2.24) is 10.9 Å². The Balaban J connectivity index is 2.94. The van der Waals surface area contributed by atoms with E-state index in [0.717, 1.165) is 10.0 Å². The number of carbonyl (C=O) groups is 1. The highest BCUT2D eigenvalue weighted by Gasteiger charge is 2.29. The smallest absolute Gasteiger partial charge is 0.244 e. The predicted octanol–water partition coefficient (Wildman–Crippen LogP) is 1.98. The van der Waals surface area contributed by atoms with E-state index in [9.17, 15) is 4.79 Å². The summed E-state index contributed by atoms with van der Waals surface area (Å²) in [6.45, 7) is 3.78. The van der Waals surface area contributed by atoms with Crippen LogP contribution in [-0.4, -0.2) is 13.0 Å². The fourth-order valence-corrected chi connectivity index (χ4v) is 1.53. The summed E-state index contributed by atoms with van der Waals surface area (Å²) in [4.78, 5) is 11.8. The Kier molecular flexibility index (Phi) is 3.88. The number of hydrazine groups is 1. The quantitative estimate of drug-likeness (QED) is 0.825. The molecule has 1 amide bonds. The van der Waals surface area contributed by atoms with Crippen LogP contribution in [0, 0.1) is 0 Å². The van der Waals surface area contributed by atoms with E-state index >= 15 is 0 Å². The lowest BCUT2D eigenvalue weighted by atomic mass is 9.84. The number of halogens is 1. The molecule has 1 aromatic carbocycles. The molecule has 1 rings (SSSR count). The minimum atomic E-state index is -0.538. The summed E-state index contributed by atoms with van der Waals surface area (Å²) < 4.78 is 1.01. The van der Waals surface area contributed by atoms with Crippen LogP contribution < -0.4 is 10.9 Å². The average Bonchev–Trinajstić information content (AvgIpc) is 2.18. The number of hydrogen-bond donors (Lipinski definition) is 2. The lowest BCUT2D eigenvalue weighted by Gasteiger charge is -2.23. The van der Waals surface area contributed by atoms with Gasteiger partial charge in [0.2, 0.25) is 5.91 Å². The third-order valence-corrected chi connectivity index (χ3v) is 2.90. The molecule has 2 N–H and O–H groups in total. The molecule has 0 bridgehead atoms. The second-order valence-corrected chi connectivity index (χ2v) is 4.75. The van der Waals surface area contributed by atoms with E-state index in [1.54, 1.807) is 7.05 Å². The van der Waals surface area contributed by atoms with Crippen LogP contribution in [0.1, 0.15) is 19.4 Å². The molecule has 0 spiro atoms. The van der Waals surface area contributed by atoms with E-state index in [1.807, 2.05) is 38.1 Å². The van der Waals surface area contributed by atoms with Gasteiger partial charge in [-0.2, -0.15) is 0 Å². The van der Waals surface area contributed by atoms with E-state index in [-0.39, 0.29) is 5.91 Å². The van der Waals surface area contributed by atoms with Gasteiger partial charge in [0.05, 0.1) is 5.41 Å². The van der Waals surface area contributed by atoms with E-state index in [4.69, 9.17) is 0 Å². The standard InChI is InChI=1S/C11H15BrN2O/c1-11(2,10(15)14-13-3)8-4-6-9(12)7-5-8/h4-7,13H,1-3H3,(H,14,15). The van der Waals surface area contributed by atoms with Crippen LogP contribution in [0.2, 0.25) is 0 Å². The molecular formula is C11H15BrN2O. The Hall–Kier alpha value is -0.870. The topological polar surface area (TPSA) is 41.1 Å². The molecule has 82 valence electrons. The first-order valence-corrected chi connectivity index (χ1v) is 5.51. The molecule has 1 aromatic rings. The number of nitrogens with one attached hydrogen (secondary N) is 2. The maximum atomic E-state index is 11.8. The highest BCUT2D eigenvalue weighted by Crippen LogP contribution is 2.24. The summed E-state index contributed by atoms with van der Waals surface area (Å²) in [6.07, 6.45) is 0. The number of rotatable bonds is 3. The zero-order valence-corrected chi connectivity index (χ0v) is 10.7. The van der Waals surface area contributed by atoms with Crippen LogP contribution >= 0.6 is 15.9 Å². The monoisotopic (exact) mass is 270 g/mol. The van der Waals surface area contributed by atoms with Crippen molar-refractivity contribution < 1.29 is 4.79 Å². The molecule has 0 fully saturated rings. The Morgan fingerprint density at radius 3 is 2.27 bits per heavy atom. The van der Waals surface area contributed by atoms with Gasteiger partial charge >= 0.3 is 0 Å². The first-order chi connectivity index (χ1) is 6.98. The molecule has 0 saturated carbocycles. The molecule has 0 saturated heterocycles. The number of hydrogen-bond acceptors (Lipinski definition) is 2. The third-order valence-electron chi connectivity index (χ3n) is 2.37. The molecule has 15 heavy (non-hydrogen) atoms. The van der Waals surface area contributed by atoms with Crippen molar-refractivity contribution in [2.45, 2.75) is 19.3 Å². The van der Waals surface area contributed by atoms with Crippen LogP contribution in [0.5, 0.6) is 0 Å². The highest BCUT2D eigenvalue weighted by molar-refractivity contribution is 9.10. The first-order valence-electron chi connectivity index (χ1n) is 4.71. The van der Waals surface area contributed by atoms with Crippen LogP contribution in [0.25, 0.3) is 0 Å². The van der Waals surface area contributed by atoms with E-state index in [1.165, 1.54) is 0 Å². The molecule has 0 aliphatic rings. The fraction of sp³-hybridized carbons (Fsp3) is 0.364. The summed E-state index contributed by atoms with van der Waals surface area (Å²) >= 11 is 3.37. The molecule has 0 atom stereocenters. The van der Waals surface area contributed by atoms with E-state index in [2.05, 4.69) is 26.8 Å². The van der Waals surface area contributed by atoms with Gasteiger partial charge in [0.25, 0.3) is 0 Å². The SMILES string of the molecule is CNNC(=O)C(C)(C)c1ccc(Br)cc1. The number of benzene rings is 1. The van der Waals surface area contributed by atoms with Crippen molar-refractivity contribution in [3.63, 3.8) is 0 Å². The van der Waals surface area contributed by atoms with Gasteiger partial charge in [-0.1, -0.05) is 28.1 Å². The summed E-state index contributed by atoms with van der Waals surface area (Å²) in [5.74, 6) is -0.0488. The second kappa shape index (κ2) is 4.77. The Morgan fingerprint density at radius 2 is 1.80 bits per heavy atom. The van der Waals surface area contributed by atoms with Gasteiger partial charge in [-0.05, 0) is 31.5 Å². The molecule has 0 heterocycles. The summed E-state index contributed by atoms with van der Waals surface area (Å²) in [5, 5.41) is 0. The zero-order valence-electron chi connectivity index (χ0n) is 9.10. The van der Waals surface area contributed by atoms with Gasteiger partial charge in [0.15, 0.2) is 0 Å². The molecule has 0 aromatic heterocycles. The molecule has 0 unspecified atom stereocenters. The van der Waals surface area contributed by atoms with E-state index in [0.29, 0.717) is 0 Å². The molecule has 0 aliphatic carbocycles. The Labute approximate surface area is 98.4 Å². The Bertz CT molecular complexity index is 346. The molecule has 0 aliphatic heterocycles. The average molecular weight is 271 g/mol. The third kappa shape index (κ3) is 2.79. The lowest BCUT2D eigenvalue weighted by molar-refractivity contribution is -0.126. The summed E-state index contributed by atoms with van der Waals surface area (Å²) in [5.41, 5.74) is 5.69. The molecule has 4 heteroatoms. The maximum absolute atomic E-state index is 11.8. The van der Waals surface area contributed by atoms with Gasteiger partial charge < -0.3 is 0 Å². The predicted molar refractivity (Wildman–Crippen MR) is 64.4 cm³/mol. The van der Waals surface area contributed by atoms with Gasteiger partial charge in [-0.15, -0.1) is 0 Å². The Morgan fingerprint density at radius 1 is 1.27 bits per heavy atom. The molecule has 0 radical (unpaired) electrons. The van der Waals surface area contributed by atoms with E-state index < -0.39 is 5.41 Å². The second-order valence-electron chi connectivity index (χ2n) is 3.84.